The van der Waals surface area contributed by atoms with E-state index in [0.717, 1.165) is 10.8 Å². The molecule has 0 fully saturated rings. The van der Waals surface area contributed by atoms with Gasteiger partial charge in [-0.25, -0.2) is 14.5 Å². The van der Waals surface area contributed by atoms with Crippen LogP contribution in [0.3, 0.4) is 0 Å². The van der Waals surface area contributed by atoms with Crippen LogP contribution in [0.2, 0.25) is 5.02 Å². The van der Waals surface area contributed by atoms with Gasteiger partial charge in [0.25, 0.3) is 0 Å². The molecule has 0 saturated carbocycles. The summed E-state index contributed by atoms with van der Waals surface area (Å²) in [7, 11) is 0. The molecule has 0 amide bonds. The van der Waals surface area contributed by atoms with E-state index in [-0.39, 0.29) is 23.3 Å². The Kier molecular flexibility index (Phi) is 4.51. The zero-order chi connectivity index (χ0) is 19.2. The third-order valence-electron chi connectivity index (χ3n) is 4.00. The Balaban J connectivity index is 1.88. The Morgan fingerprint density at radius 3 is 2.78 bits per heavy atom. The number of imidazole rings is 2. The molecule has 140 valence electrons. The fourth-order valence-corrected chi connectivity index (χ4v) is 3.99. The van der Waals surface area contributed by atoms with Crippen LogP contribution >= 0.6 is 23.4 Å². The van der Waals surface area contributed by atoms with Crippen LogP contribution in [0.1, 0.15) is 18.4 Å². The van der Waals surface area contributed by atoms with Crippen molar-refractivity contribution in [2.24, 2.45) is 0 Å². The smallest absolute Gasteiger partial charge is 0.294 e. The molecular formula is C17H13ClF3N5S. The maximum Gasteiger partial charge on any atom is 0.490 e. The van der Waals surface area contributed by atoms with Gasteiger partial charge in [-0.3, -0.25) is 9.38 Å². The van der Waals surface area contributed by atoms with Gasteiger partial charge < -0.3 is 0 Å². The van der Waals surface area contributed by atoms with Gasteiger partial charge >= 0.3 is 6.30 Å². The van der Waals surface area contributed by atoms with Crippen molar-refractivity contribution in [1.82, 2.24) is 23.9 Å². The van der Waals surface area contributed by atoms with Crippen LogP contribution in [0.5, 0.6) is 0 Å². The van der Waals surface area contributed by atoms with Crippen LogP contribution in [0.4, 0.5) is 13.2 Å². The van der Waals surface area contributed by atoms with Gasteiger partial charge in [0.1, 0.15) is 22.0 Å². The van der Waals surface area contributed by atoms with E-state index in [1.807, 2.05) is 11.3 Å². The number of nitrogens with zero attached hydrogens (tertiary/aromatic N) is 5. The van der Waals surface area contributed by atoms with Crippen LogP contribution in [0.15, 0.2) is 41.8 Å². The van der Waals surface area contributed by atoms with Gasteiger partial charge in [-0.1, -0.05) is 18.5 Å². The summed E-state index contributed by atoms with van der Waals surface area (Å²) in [5.74, 6) is 0.626. The molecule has 0 aliphatic carbocycles. The van der Waals surface area contributed by atoms with Crippen LogP contribution in [-0.2, 0) is 12.7 Å². The van der Waals surface area contributed by atoms with Gasteiger partial charge in [-0.2, -0.15) is 0 Å². The molecule has 0 aliphatic rings. The molecule has 0 bridgehead atoms. The van der Waals surface area contributed by atoms with Crippen molar-refractivity contribution in [3.63, 3.8) is 0 Å². The van der Waals surface area contributed by atoms with E-state index in [2.05, 4.69) is 15.0 Å². The van der Waals surface area contributed by atoms with Crippen LogP contribution in [-0.4, -0.2) is 29.7 Å². The average molecular weight is 412 g/mol. The lowest BCUT2D eigenvalue weighted by molar-refractivity contribution is -0.202. The highest BCUT2D eigenvalue weighted by molar-refractivity contribution is 7.99. The van der Waals surface area contributed by atoms with E-state index in [0.29, 0.717) is 20.9 Å². The first-order chi connectivity index (χ1) is 12.9. The van der Waals surface area contributed by atoms with Crippen molar-refractivity contribution in [3.8, 4) is 0 Å². The second-order valence-electron chi connectivity index (χ2n) is 5.74. The Morgan fingerprint density at radius 2 is 2.04 bits per heavy atom. The lowest BCUT2D eigenvalue weighted by atomic mass is 10.3. The van der Waals surface area contributed by atoms with Gasteiger partial charge in [-0.15, -0.1) is 24.9 Å². The van der Waals surface area contributed by atoms with Crippen LogP contribution < -0.4 is 0 Å². The minimum Gasteiger partial charge on any atom is -0.294 e. The number of rotatable bonds is 4. The first-order valence-corrected chi connectivity index (χ1v) is 9.42. The summed E-state index contributed by atoms with van der Waals surface area (Å²) in [6.45, 7) is 1.97. The quantitative estimate of drug-likeness (QED) is 0.448. The molecule has 0 aromatic carbocycles. The van der Waals surface area contributed by atoms with Gasteiger partial charge in [0.2, 0.25) is 0 Å². The SMILES string of the molecule is CCSc1c(Cc2nc3cnccc3n2C(F)(F)F)nc2cc(Cl)ccn12. The van der Waals surface area contributed by atoms with Gasteiger partial charge in [-0.05, 0) is 17.9 Å². The fraction of sp³-hybridized carbons (Fsp3) is 0.235. The second kappa shape index (κ2) is 6.72. The summed E-state index contributed by atoms with van der Waals surface area (Å²) in [6.07, 6.45) is -0.238. The van der Waals surface area contributed by atoms with Crippen molar-refractivity contribution in [2.45, 2.75) is 24.7 Å². The molecule has 0 N–H and O–H groups in total. The first-order valence-electron chi connectivity index (χ1n) is 8.06. The second-order valence-corrected chi connectivity index (χ2v) is 7.43. The molecule has 0 saturated heterocycles. The van der Waals surface area contributed by atoms with E-state index < -0.39 is 6.30 Å². The Morgan fingerprint density at radius 1 is 1.22 bits per heavy atom. The fourth-order valence-electron chi connectivity index (χ4n) is 2.98. The molecule has 4 rings (SSSR count). The molecule has 27 heavy (non-hydrogen) atoms. The first kappa shape index (κ1) is 18.1. The number of pyridine rings is 2. The Bertz CT molecular complexity index is 1130. The van der Waals surface area contributed by atoms with Gasteiger partial charge in [0.05, 0.1) is 23.8 Å². The van der Waals surface area contributed by atoms with Crippen LogP contribution in [0, 0.1) is 0 Å². The summed E-state index contributed by atoms with van der Waals surface area (Å²) < 4.78 is 43.1. The molecule has 4 heterocycles. The lowest BCUT2D eigenvalue weighted by Crippen LogP contribution is -2.20. The van der Waals surface area contributed by atoms with E-state index >= 15 is 0 Å². The van der Waals surface area contributed by atoms with Crippen molar-refractivity contribution in [2.75, 3.05) is 5.75 Å². The Labute approximate surface area is 161 Å². The minimum absolute atomic E-state index is 0.0241. The number of hydrogen-bond donors (Lipinski definition) is 0. The summed E-state index contributed by atoms with van der Waals surface area (Å²) in [5, 5.41) is 1.30. The molecular weight excluding hydrogens is 399 g/mol. The molecule has 0 spiro atoms. The molecule has 4 aromatic heterocycles. The molecule has 0 unspecified atom stereocenters. The number of fused-ring (bicyclic) bond motifs is 2. The van der Waals surface area contributed by atoms with Crippen molar-refractivity contribution < 1.29 is 13.2 Å². The molecule has 10 heteroatoms. The molecule has 0 atom stereocenters. The summed E-state index contributed by atoms with van der Waals surface area (Å²) in [6, 6.07) is 4.71. The number of aromatic nitrogens is 5. The van der Waals surface area contributed by atoms with E-state index in [9.17, 15) is 13.2 Å². The number of hydrogen-bond acceptors (Lipinski definition) is 4. The monoisotopic (exact) mass is 411 g/mol. The maximum atomic E-state index is 13.7. The summed E-state index contributed by atoms with van der Waals surface area (Å²) in [4.78, 5) is 12.5. The minimum atomic E-state index is -4.59. The molecule has 0 radical (unpaired) electrons. The normalized spacial score (nSPS) is 12.3. The standard InChI is InChI=1S/C17H13ClF3N5S/c1-2-27-16-11(23-14-7-10(18)4-6-25(14)16)8-15-24-12-9-22-5-3-13(12)26(15)17(19,20)21/h3-7,9H,2,8H2,1H3. The zero-order valence-corrected chi connectivity index (χ0v) is 15.6. The van der Waals surface area contributed by atoms with Crippen molar-refractivity contribution >= 4 is 40.0 Å². The summed E-state index contributed by atoms with van der Waals surface area (Å²) in [5.41, 5.74) is 1.29. The van der Waals surface area contributed by atoms with E-state index in [4.69, 9.17) is 11.6 Å². The number of alkyl halides is 3. The Hall–Kier alpha value is -2.26. The van der Waals surface area contributed by atoms with Gasteiger partial charge in [0, 0.05) is 23.5 Å². The highest BCUT2D eigenvalue weighted by Gasteiger charge is 2.36. The largest absolute Gasteiger partial charge is 0.490 e. The highest BCUT2D eigenvalue weighted by Crippen LogP contribution is 2.32. The van der Waals surface area contributed by atoms with Crippen molar-refractivity contribution in [1.29, 1.82) is 0 Å². The number of halogens is 4. The molecule has 0 aliphatic heterocycles. The van der Waals surface area contributed by atoms with E-state index in [1.165, 1.54) is 30.2 Å². The zero-order valence-electron chi connectivity index (χ0n) is 14.0. The maximum absolute atomic E-state index is 13.7. The highest BCUT2D eigenvalue weighted by atomic mass is 35.5. The lowest BCUT2D eigenvalue weighted by Gasteiger charge is -2.12. The third-order valence-corrected chi connectivity index (χ3v) is 5.23. The van der Waals surface area contributed by atoms with Gasteiger partial charge in [0.15, 0.2) is 0 Å². The molecule has 4 aromatic rings. The topological polar surface area (TPSA) is 48.0 Å². The third kappa shape index (κ3) is 3.25. The molecule has 5 nitrogen and oxygen atoms in total. The summed E-state index contributed by atoms with van der Waals surface area (Å²) >= 11 is 7.53. The predicted molar refractivity (Wildman–Crippen MR) is 98.2 cm³/mol. The van der Waals surface area contributed by atoms with Crippen LogP contribution in [0.25, 0.3) is 16.7 Å². The van der Waals surface area contributed by atoms with E-state index in [1.54, 1.807) is 18.3 Å². The average Bonchev–Trinajstić information content (AvgIpc) is 3.13. The number of thioether (sulfide) groups is 1. The van der Waals surface area contributed by atoms with Crippen molar-refractivity contribution in [3.05, 3.63) is 53.3 Å². The predicted octanol–water partition coefficient (Wildman–Crippen LogP) is 4.91.